The molecule has 1 N–H and O–H groups in total. The van der Waals surface area contributed by atoms with E-state index in [1.54, 1.807) is 6.07 Å². The van der Waals surface area contributed by atoms with Crippen molar-refractivity contribution < 1.29 is 12.6 Å². The minimum atomic E-state index is -3.39. The van der Waals surface area contributed by atoms with Gasteiger partial charge in [-0.25, -0.2) is 8.42 Å². The highest BCUT2D eigenvalue weighted by Gasteiger charge is 2.29. The number of hydrogen-bond donors (Lipinski definition) is 1. The molecule has 0 spiro atoms. The summed E-state index contributed by atoms with van der Waals surface area (Å²) in [5.41, 5.74) is 0. The Balaban J connectivity index is 2.16. The van der Waals surface area contributed by atoms with E-state index >= 15 is 0 Å². The van der Waals surface area contributed by atoms with Crippen molar-refractivity contribution in [1.29, 1.82) is 0 Å². The lowest BCUT2D eigenvalue weighted by Gasteiger charge is -2.24. The van der Waals surface area contributed by atoms with E-state index < -0.39 is 20.8 Å². The third kappa shape index (κ3) is 3.00. The summed E-state index contributed by atoms with van der Waals surface area (Å²) < 4.78 is 37.7. The van der Waals surface area contributed by atoms with E-state index in [0.717, 1.165) is 4.88 Å². The van der Waals surface area contributed by atoms with Crippen LogP contribution in [-0.4, -0.2) is 48.6 Å². The molecule has 0 saturated carbocycles. The van der Waals surface area contributed by atoms with Gasteiger partial charge in [0.1, 0.15) is 4.21 Å². The first kappa shape index (κ1) is 14.1. The molecule has 0 amide bonds. The summed E-state index contributed by atoms with van der Waals surface area (Å²) in [5.74, 6) is 0.877. The van der Waals surface area contributed by atoms with Crippen LogP contribution in [0.2, 0.25) is 0 Å². The van der Waals surface area contributed by atoms with Gasteiger partial charge in [0.05, 0.1) is 0 Å². The van der Waals surface area contributed by atoms with Crippen LogP contribution >= 0.6 is 11.3 Å². The second-order valence-electron chi connectivity index (χ2n) is 4.00. The summed E-state index contributed by atoms with van der Waals surface area (Å²) in [6.45, 7) is 1.38. The lowest BCUT2D eigenvalue weighted by molar-refractivity contribution is 0.440. The molecule has 8 heteroatoms. The van der Waals surface area contributed by atoms with Crippen LogP contribution in [-0.2, 0) is 27.4 Å². The smallest absolute Gasteiger partial charge is 0.252 e. The van der Waals surface area contributed by atoms with E-state index in [-0.39, 0.29) is 0 Å². The van der Waals surface area contributed by atoms with Crippen LogP contribution < -0.4 is 5.32 Å². The van der Waals surface area contributed by atoms with Gasteiger partial charge < -0.3 is 5.32 Å². The Labute approximate surface area is 114 Å². The topological polar surface area (TPSA) is 66.5 Å². The van der Waals surface area contributed by atoms with Crippen molar-refractivity contribution in [2.24, 2.45) is 0 Å². The summed E-state index contributed by atoms with van der Waals surface area (Å²) in [4.78, 5) is 0.997. The van der Waals surface area contributed by atoms with Gasteiger partial charge in [0.25, 0.3) is 10.0 Å². The Kier molecular flexibility index (Phi) is 4.54. The molecule has 0 atom stereocenters. The van der Waals surface area contributed by atoms with Crippen LogP contribution in [0.5, 0.6) is 0 Å². The van der Waals surface area contributed by atoms with Crippen LogP contribution in [0.4, 0.5) is 0 Å². The molecule has 0 bridgehead atoms. The van der Waals surface area contributed by atoms with Gasteiger partial charge in [0.2, 0.25) is 0 Å². The highest BCUT2D eigenvalue weighted by Crippen LogP contribution is 2.25. The molecule has 0 radical (unpaired) electrons. The predicted octanol–water partition coefficient (Wildman–Crippen LogP) is 0.220. The van der Waals surface area contributed by atoms with Gasteiger partial charge in [-0.2, -0.15) is 4.31 Å². The molecule has 18 heavy (non-hydrogen) atoms. The fraction of sp³-hybridized carbons (Fsp3) is 0.600. The number of nitrogens with one attached hydrogen (secondary N) is 1. The van der Waals surface area contributed by atoms with E-state index in [0.29, 0.717) is 35.3 Å². The maximum atomic E-state index is 12.3. The Bertz CT molecular complexity index is 528. The molecule has 1 aliphatic heterocycles. The van der Waals surface area contributed by atoms with Gasteiger partial charge in [0, 0.05) is 46.8 Å². The Morgan fingerprint density at radius 2 is 2.06 bits per heavy atom. The van der Waals surface area contributed by atoms with Crippen molar-refractivity contribution in [3.8, 4) is 0 Å². The molecule has 1 saturated heterocycles. The largest absolute Gasteiger partial charge is 0.315 e. The molecule has 2 heterocycles. The van der Waals surface area contributed by atoms with Gasteiger partial charge in [-0.3, -0.25) is 4.21 Å². The standard InChI is InChI=1S/C10H16N2O3S3/c1-11-8-9-2-3-10(16-9)18(14,15)12-4-6-17(13)7-5-12/h2-3,11H,4-8H2,1H3. The molecule has 1 aliphatic rings. The van der Waals surface area contributed by atoms with E-state index in [1.807, 2.05) is 13.1 Å². The Morgan fingerprint density at radius 3 is 2.67 bits per heavy atom. The van der Waals surface area contributed by atoms with Crippen molar-refractivity contribution in [1.82, 2.24) is 9.62 Å². The molecule has 1 fully saturated rings. The van der Waals surface area contributed by atoms with E-state index in [2.05, 4.69) is 5.32 Å². The molecular formula is C10H16N2O3S3. The lowest BCUT2D eigenvalue weighted by atomic mass is 10.5. The first-order chi connectivity index (χ1) is 8.54. The maximum absolute atomic E-state index is 12.3. The first-order valence-electron chi connectivity index (χ1n) is 5.62. The average molecular weight is 308 g/mol. The second-order valence-corrected chi connectivity index (χ2v) is 9.03. The molecule has 2 rings (SSSR count). The minimum absolute atomic E-state index is 0.355. The molecule has 1 aromatic rings. The number of sulfonamides is 1. The minimum Gasteiger partial charge on any atom is -0.315 e. The summed E-state index contributed by atoms with van der Waals surface area (Å²) >= 11 is 1.29. The van der Waals surface area contributed by atoms with Crippen molar-refractivity contribution in [3.63, 3.8) is 0 Å². The quantitative estimate of drug-likeness (QED) is 0.864. The Morgan fingerprint density at radius 1 is 1.39 bits per heavy atom. The SMILES string of the molecule is CNCc1ccc(S(=O)(=O)N2CCS(=O)CC2)s1. The lowest BCUT2D eigenvalue weighted by Crippen LogP contribution is -2.41. The zero-order valence-electron chi connectivity index (χ0n) is 10.1. The normalized spacial score (nSPS) is 19.2. The summed E-state index contributed by atoms with van der Waals surface area (Å²) in [6, 6.07) is 3.48. The van der Waals surface area contributed by atoms with Gasteiger partial charge in [-0.15, -0.1) is 11.3 Å². The molecule has 0 aromatic carbocycles. The molecule has 1 aromatic heterocycles. The summed E-state index contributed by atoms with van der Waals surface area (Å²) in [7, 11) is -2.43. The van der Waals surface area contributed by atoms with Crippen molar-refractivity contribution in [3.05, 3.63) is 17.0 Å². The molecule has 5 nitrogen and oxygen atoms in total. The third-order valence-electron chi connectivity index (χ3n) is 2.72. The average Bonchev–Trinajstić information content (AvgIpc) is 2.79. The second kappa shape index (κ2) is 5.79. The van der Waals surface area contributed by atoms with Crippen LogP contribution in [0.15, 0.2) is 16.3 Å². The Hall–Kier alpha value is -0.280. The highest BCUT2D eigenvalue weighted by atomic mass is 32.2. The summed E-state index contributed by atoms with van der Waals surface area (Å²) in [6.07, 6.45) is 0. The van der Waals surface area contributed by atoms with Gasteiger partial charge >= 0.3 is 0 Å². The van der Waals surface area contributed by atoms with Crippen LogP contribution in [0.3, 0.4) is 0 Å². The van der Waals surface area contributed by atoms with Crippen LogP contribution in [0.1, 0.15) is 4.88 Å². The molecule has 0 aliphatic carbocycles. The molecule has 102 valence electrons. The van der Waals surface area contributed by atoms with E-state index in [1.165, 1.54) is 15.6 Å². The maximum Gasteiger partial charge on any atom is 0.252 e. The van der Waals surface area contributed by atoms with Gasteiger partial charge in [-0.1, -0.05) is 0 Å². The first-order valence-corrected chi connectivity index (χ1v) is 9.37. The van der Waals surface area contributed by atoms with Crippen LogP contribution in [0.25, 0.3) is 0 Å². The van der Waals surface area contributed by atoms with E-state index in [4.69, 9.17) is 0 Å². The van der Waals surface area contributed by atoms with Crippen LogP contribution in [0, 0.1) is 0 Å². The fourth-order valence-electron chi connectivity index (χ4n) is 1.75. The molecular weight excluding hydrogens is 292 g/mol. The van der Waals surface area contributed by atoms with Crippen molar-refractivity contribution in [2.75, 3.05) is 31.6 Å². The van der Waals surface area contributed by atoms with Crippen molar-refractivity contribution in [2.45, 2.75) is 10.8 Å². The summed E-state index contributed by atoms with van der Waals surface area (Å²) in [5, 5.41) is 3.00. The third-order valence-corrected chi connectivity index (χ3v) is 7.45. The number of hydrogen-bond acceptors (Lipinski definition) is 5. The number of nitrogens with zero attached hydrogens (tertiary/aromatic N) is 1. The molecule has 0 unspecified atom stereocenters. The van der Waals surface area contributed by atoms with E-state index in [9.17, 15) is 12.6 Å². The zero-order valence-corrected chi connectivity index (χ0v) is 12.5. The zero-order chi connectivity index (χ0) is 13.2. The highest BCUT2D eigenvalue weighted by molar-refractivity contribution is 7.91. The fourth-order valence-corrected chi connectivity index (χ4v) is 6.00. The van der Waals surface area contributed by atoms with Gasteiger partial charge in [-0.05, 0) is 19.2 Å². The predicted molar refractivity (Wildman–Crippen MR) is 73.7 cm³/mol. The number of rotatable bonds is 4. The number of thiophene rings is 1. The van der Waals surface area contributed by atoms with Gasteiger partial charge in [0.15, 0.2) is 0 Å². The monoisotopic (exact) mass is 308 g/mol. The van der Waals surface area contributed by atoms with Crippen molar-refractivity contribution >= 4 is 32.2 Å².